The normalized spacial score (nSPS) is 10.7. The van der Waals surface area contributed by atoms with Gasteiger partial charge in [-0.1, -0.05) is 6.92 Å². The fourth-order valence-electron chi connectivity index (χ4n) is 2.67. The third kappa shape index (κ3) is 6.02. The van der Waals surface area contributed by atoms with E-state index in [-0.39, 0.29) is 5.69 Å². The van der Waals surface area contributed by atoms with Crippen molar-refractivity contribution in [1.29, 1.82) is 0 Å². The summed E-state index contributed by atoms with van der Waals surface area (Å²) in [6.07, 6.45) is 3.98. The molecule has 1 N–H and O–H groups in total. The van der Waals surface area contributed by atoms with E-state index >= 15 is 0 Å². The molecule has 1 amide bonds. The van der Waals surface area contributed by atoms with E-state index in [2.05, 4.69) is 27.4 Å². The zero-order chi connectivity index (χ0) is 22.1. The average molecular weight is 420 g/mol. The molecule has 160 valence electrons. The van der Waals surface area contributed by atoms with Crippen molar-refractivity contribution in [2.24, 2.45) is 5.10 Å². The lowest BCUT2D eigenvalue weighted by atomic mass is 10.2. The van der Waals surface area contributed by atoms with E-state index in [1.54, 1.807) is 32.4 Å². The van der Waals surface area contributed by atoms with Crippen LogP contribution in [0.4, 0.5) is 0 Å². The quantitative estimate of drug-likeness (QED) is 0.419. The minimum absolute atomic E-state index is 0.205. The Morgan fingerprint density at radius 3 is 2.39 bits per heavy atom. The third-order valence-corrected chi connectivity index (χ3v) is 4.23. The summed E-state index contributed by atoms with van der Waals surface area (Å²) in [6.45, 7) is 2.71. The van der Waals surface area contributed by atoms with Gasteiger partial charge in [-0.15, -0.1) is 0 Å². The topological polar surface area (TPSA) is 94.9 Å². The molecule has 8 heteroatoms. The van der Waals surface area contributed by atoms with Crippen LogP contribution in [-0.2, 0) is 0 Å². The first-order valence-electron chi connectivity index (χ1n) is 9.75. The Morgan fingerprint density at radius 1 is 1.03 bits per heavy atom. The minimum atomic E-state index is -0.447. The number of hydrogen-bond acceptors (Lipinski definition) is 7. The highest BCUT2D eigenvalue weighted by Crippen LogP contribution is 2.21. The standard InChI is InChI=1S/C23H24N4O4/c1-4-11-31-18-7-5-17(6-8-18)22-24-10-9-21(26-22)23(28)27-25-15-16-12-19(29-2)14-20(13-16)30-3/h5-10,12-15H,4,11H2,1-3H3,(H,27,28). The van der Waals surface area contributed by atoms with Gasteiger partial charge < -0.3 is 14.2 Å². The maximum atomic E-state index is 12.5. The molecule has 0 bridgehead atoms. The molecule has 1 aromatic heterocycles. The number of amides is 1. The summed E-state index contributed by atoms with van der Waals surface area (Å²) < 4.78 is 16.0. The molecule has 0 aliphatic carbocycles. The second-order valence-electron chi connectivity index (χ2n) is 6.48. The van der Waals surface area contributed by atoms with E-state index in [1.807, 2.05) is 24.3 Å². The van der Waals surface area contributed by atoms with E-state index in [1.165, 1.54) is 18.5 Å². The Balaban J connectivity index is 1.68. The number of benzene rings is 2. The van der Waals surface area contributed by atoms with Crippen molar-refractivity contribution >= 4 is 12.1 Å². The fourth-order valence-corrected chi connectivity index (χ4v) is 2.67. The lowest BCUT2D eigenvalue weighted by molar-refractivity contribution is 0.0950. The number of hydrogen-bond donors (Lipinski definition) is 1. The monoisotopic (exact) mass is 420 g/mol. The van der Waals surface area contributed by atoms with Crippen LogP contribution in [0, 0.1) is 0 Å². The number of ether oxygens (including phenoxy) is 3. The molecule has 0 radical (unpaired) electrons. The Bertz CT molecular complexity index is 1030. The highest BCUT2D eigenvalue weighted by molar-refractivity contribution is 5.93. The maximum Gasteiger partial charge on any atom is 0.290 e. The summed E-state index contributed by atoms with van der Waals surface area (Å²) in [5.41, 5.74) is 4.17. The Kier molecular flexibility index (Phi) is 7.53. The second kappa shape index (κ2) is 10.7. The number of methoxy groups -OCH3 is 2. The predicted octanol–water partition coefficient (Wildman–Crippen LogP) is 3.71. The molecule has 0 spiro atoms. The summed E-state index contributed by atoms with van der Waals surface area (Å²) >= 11 is 0. The van der Waals surface area contributed by atoms with Crippen LogP contribution in [0.3, 0.4) is 0 Å². The van der Waals surface area contributed by atoms with Crippen molar-refractivity contribution in [3.8, 4) is 28.6 Å². The van der Waals surface area contributed by atoms with Gasteiger partial charge in [-0.3, -0.25) is 4.79 Å². The lowest BCUT2D eigenvalue weighted by Gasteiger charge is -2.06. The first-order valence-corrected chi connectivity index (χ1v) is 9.75. The van der Waals surface area contributed by atoms with Crippen LogP contribution < -0.4 is 19.6 Å². The van der Waals surface area contributed by atoms with Gasteiger partial charge in [0.25, 0.3) is 5.91 Å². The number of carbonyl (C=O) groups excluding carboxylic acids is 1. The van der Waals surface area contributed by atoms with Crippen LogP contribution >= 0.6 is 0 Å². The molecule has 1 heterocycles. The molecule has 0 fully saturated rings. The van der Waals surface area contributed by atoms with Gasteiger partial charge in [0.05, 0.1) is 27.0 Å². The maximum absolute atomic E-state index is 12.5. The van der Waals surface area contributed by atoms with Crippen molar-refractivity contribution in [2.75, 3.05) is 20.8 Å². The summed E-state index contributed by atoms with van der Waals surface area (Å²) in [6, 6.07) is 14.3. The molecule has 0 aliphatic rings. The van der Waals surface area contributed by atoms with Crippen LogP contribution in [0.5, 0.6) is 17.2 Å². The van der Waals surface area contributed by atoms with Gasteiger partial charge in [-0.2, -0.15) is 5.10 Å². The summed E-state index contributed by atoms with van der Waals surface area (Å²) in [5.74, 6) is 2.02. The van der Waals surface area contributed by atoms with Gasteiger partial charge >= 0.3 is 0 Å². The number of hydrazone groups is 1. The molecule has 0 saturated heterocycles. The van der Waals surface area contributed by atoms with E-state index in [0.29, 0.717) is 29.5 Å². The number of aromatic nitrogens is 2. The molecule has 0 saturated carbocycles. The molecule has 0 unspecified atom stereocenters. The van der Waals surface area contributed by atoms with Crippen molar-refractivity contribution in [2.45, 2.75) is 13.3 Å². The van der Waals surface area contributed by atoms with Gasteiger partial charge in [-0.05, 0) is 48.9 Å². The largest absolute Gasteiger partial charge is 0.497 e. The second-order valence-corrected chi connectivity index (χ2v) is 6.48. The molecule has 8 nitrogen and oxygen atoms in total. The molecule has 0 aliphatic heterocycles. The molecule has 0 atom stereocenters. The van der Waals surface area contributed by atoms with Crippen LogP contribution in [0.15, 0.2) is 59.8 Å². The van der Waals surface area contributed by atoms with Crippen LogP contribution in [0.2, 0.25) is 0 Å². The molecular formula is C23H24N4O4. The number of rotatable bonds is 9. The molecule has 2 aromatic carbocycles. The Hall–Kier alpha value is -3.94. The highest BCUT2D eigenvalue weighted by atomic mass is 16.5. The SMILES string of the molecule is CCCOc1ccc(-c2nccc(C(=O)NN=Cc3cc(OC)cc(OC)c3)n2)cc1. The van der Waals surface area contributed by atoms with Gasteiger partial charge in [0.2, 0.25) is 0 Å². The van der Waals surface area contributed by atoms with Gasteiger partial charge in [0, 0.05) is 23.4 Å². The smallest absolute Gasteiger partial charge is 0.290 e. The van der Waals surface area contributed by atoms with Crippen molar-refractivity contribution in [3.05, 3.63) is 66.0 Å². The third-order valence-electron chi connectivity index (χ3n) is 4.23. The molecular weight excluding hydrogens is 396 g/mol. The summed E-state index contributed by atoms with van der Waals surface area (Å²) in [7, 11) is 3.13. The van der Waals surface area contributed by atoms with E-state index < -0.39 is 5.91 Å². The zero-order valence-corrected chi connectivity index (χ0v) is 17.7. The van der Waals surface area contributed by atoms with Gasteiger partial charge in [0.1, 0.15) is 22.9 Å². The zero-order valence-electron chi connectivity index (χ0n) is 17.7. The highest BCUT2D eigenvalue weighted by Gasteiger charge is 2.10. The lowest BCUT2D eigenvalue weighted by Crippen LogP contribution is -2.19. The first kappa shape index (κ1) is 21.8. The van der Waals surface area contributed by atoms with Gasteiger partial charge in [0.15, 0.2) is 5.82 Å². The van der Waals surface area contributed by atoms with Crippen molar-refractivity contribution in [3.63, 3.8) is 0 Å². The van der Waals surface area contributed by atoms with Crippen LogP contribution in [0.25, 0.3) is 11.4 Å². The van der Waals surface area contributed by atoms with Gasteiger partial charge in [-0.25, -0.2) is 15.4 Å². The van der Waals surface area contributed by atoms with E-state index in [0.717, 1.165) is 17.7 Å². The van der Waals surface area contributed by atoms with Crippen molar-refractivity contribution < 1.29 is 19.0 Å². The van der Waals surface area contributed by atoms with E-state index in [4.69, 9.17) is 14.2 Å². The average Bonchev–Trinajstić information content (AvgIpc) is 2.82. The summed E-state index contributed by atoms with van der Waals surface area (Å²) in [5, 5.41) is 4.00. The first-order chi connectivity index (χ1) is 15.1. The summed E-state index contributed by atoms with van der Waals surface area (Å²) in [4.78, 5) is 21.0. The predicted molar refractivity (Wildman–Crippen MR) is 118 cm³/mol. The van der Waals surface area contributed by atoms with E-state index in [9.17, 15) is 4.79 Å². The minimum Gasteiger partial charge on any atom is -0.497 e. The number of nitrogens with zero attached hydrogens (tertiary/aromatic N) is 3. The number of nitrogens with one attached hydrogen (secondary N) is 1. The van der Waals surface area contributed by atoms with Crippen LogP contribution in [-0.4, -0.2) is 42.9 Å². The molecule has 3 aromatic rings. The fraction of sp³-hybridized carbons (Fsp3) is 0.217. The number of carbonyl (C=O) groups is 1. The Morgan fingerprint density at radius 2 is 1.74 bits per heavy atom. The molecule has 31 heavy (non-hydrogen) atoms. The molecule has 3 rings (SSSR count). The van der Waals surface area contributed by atoms with Crippen molar-refractivity contribution in [1.82, 2.24) is 15.4 Å². The van der Waals surface area contributed by atoms with Crippen LogP contribution in [0.1, 0.15) is 29.4 Å². The Labute approximate surface area is 180 Å².